The van der Waals surface area contributed by atoms with Gasteiger partial charge < -0.3 is 29.3 Å². The van der Waals surface area contributed by atoms with Crippen LogP contribution in [-0.2, 0) is 0 Å². The third-order valence-corrected chi connectivity index (χ3v) is 10.5. The molecule has 0 aliphatic carbocycles. The van der Waals surface area contributed by atoms with Crippen molar-refractivity contribution in [2.24, 2.45) is 17.8 Å². The van der Waals surface area contributed by atoms with E-state index < -0.39 is 0 Å². The van der Waals surface area contributed by atoms with Crippen molar-refractivity contribution in [2.75, 3.05) is 73.2 Å². The third kappa shape index (κ3) is 12.9. The van der Waals surface area contributed by atoms with Crippen molar-refractivity contribution in [1.82, 2.24) is 15.1 Å². The Bertz CT molecular complexity index is 1310. The largest absolute Gasteiger partial charge is 0.493 e. The number of likely N-dealkylation sites (tertiary alicyclic amines) is 2. The molecular formula is C44H69N3O3. The van der Waals surface area contributed by atoms with E-state index in [9.17, 15) is 0 Å². The van der Waals surface area contributed by atoms with E-state index in [-0.39, 0.29) is 1.43 Å². The number of piperidine rings is 3. The van der Waals surface area contributed by atoms with Gasteiger partial charge in [-0.05, 0) is 147 Å². The van der Waals surface area contributed by atoms with E-state index in [4.69, 9.17) is 14.2 Å². The molecule has 1 N–H and O–H groups in total. The van der Waals surface area contributed by atoms with E-state index >= 15 is 0 Å². The van der Waals surface area contributed by atoms with Crippen LogP contribution in [0.4, 0.5) is 0 Å². The van der Waals surface area contributed by atoms with Crippen LogP contribution in [0.1, 0.15) is 73.3 Å². The molecule has 3 aromatic rings. The molecule has 3 aromatic carbocycles. The second-order valence-electron chi connectivity index (χ2n) is 15.3. The van der Waals surface area contributed by atoms with Gasteiger partial charge in [0.15, 0.2) is 0 Å². The molecule has 3 aliphatic heterocycles. The Kier molecular flexibility index (Phi) is 16.4. The molecule has 6 heteroatoms. The number of ether oxygens (including phenoxy) is 3. The molecule has 3 fully saturated rings. The zero-order chi connectivity index (χ0) is 35.9. The number of hydrogen-bond acceptors (Lipinski definition) is 6. The molecule has 278 valence electrons. The van der Waals surface area contributed by atoms with E-state index in [1.54, 1.807) is 0 Å². The summed E-state index contributed by atoms with van der Waals surface area (Å²) in [6.45, 7) is 22.4. The number of para-hydroxylation sites is 3. The number of nitrogens with one attached hydrogen (secondary N) is 1. The minimum Gasteiger partial charge on any atom is -0.493 e. The fraction of sp³-hybridized carbons (Fsp3) is 0.591. The van der Waals surface area contributed by atoms with Gasteiger partial charge >= 0.3 is 0 Å². The number of aryl methyl sites for hydroxylation is 6. The van der Waals surface area contributed by atoms with E-state index in [1.165, 1.54) is 105 Å². The van der Waals surface area contributed by atoms with Gasteiger partial charge in [0.2, 0.25) is 0 Å². The van der Waals surface area contributed by atoms with Crippen LogP contribution in [0.25, 0.3) is 0 Å². The lowest BCUT2D eigenvalue weighted by atomic mass is 9.99. The Morgan fingerprint density at radius 3 is 1.20 bits per heavy atom. The minimum atomic E-state index is 0. The van der Waals surface area contributed by atoms with Crippen LogP contribution in [0, 0.1) is 59.3 Å². The molecule has 0 spiro atoms. The highest BCUT2D eigenvalue weighted by atomic mass is 16.5. The first-order valence-electron chi connectivity index (χ1n) is 19.3. The quantitative estimate of drug-likeness (QED) is 0.242. The normalized spacial score (nSPS) is 21.2. The summed E-state index contributed by atoms with van der Waals surface area (Å²) in [6, 6.07) is 19.0. The van der Waals surface area contributed by atoms with Gasteiger partial charge in [0.25, 0.3) is 0 Å². The third-order valence-electron chi connectivity index (χ3n) is 10.5. The van der Waals surface area contributed by atoms with Crippen LogP contribution < -0.4 is 19.5 Å². The zero-order valence-electron chi connectivity index (χ0n) is 32.7. The molecule has 0 bridgehead atoms. The summed E-state index contributed by atoms with van der Waals surface area (Å²) < 4.78 is 18.0. The van der Waals surface area contributed by atoms with Crippen LogP contribution in [0.3, 0.4) is 0 Å². The topological polar surface area (TPSA) is 46.2 Å². The predicted molar refractivity (Wildman–Crippen MR) is 212 cm³/mol. The summed E-state index contributed by atoms with van der Waals surface area (Å²) in [4.78, 5) is 4.81. The molecule has 6 rings (SSSR count). The minimum absolute atomic E-state index is 0. The van der Waals surface area contributed by atoms with Crippen LogP contribution in [0.15, 0.2) is 54.6 Å². The van der Waals surface area contributed by atoms with E-state index in [1.807, 2.05) is 0 Å². The first-order valence-corrected chi connectivity index (χ1v) is 19.3. The molecule has 50 heavy (non-hydrogen) atoms. The molecular weight excluding hydrogens is 619 g/mol. The van der Waals surface area contributed by atoms with E-state index in [2.05, 4.69) is 125 Å². The molecule has 0 amide bonds. The Balaban J connectivity index is 0.000000205. The summed E-state index contributed by atoms with van der Waals surface area (Å²) in [7, 11) is 4.40. The van der Waals surface area contributed by atoms with Crippen molar-refractivity contribution < 1.29 is 15.6 Å². The molecule has 6 nitrogen and oxygen atoms in total. The summed E-state index contributed by atoms with van der Waals surface area (Å²) in [5, 5.41) is 3.42. The standard InChI is InChI=1S/2C15H23NO.C14H21NO.H2/c2*1-12-6-4-7-13(2)15(12)17-11-14-8-5-9-16(3)10-14;1-11-5-3-6-12(2)14(11)16-10-13-7-4-8-15-9-13;/h2*4,6-7,14H,5,8-11H2,1-3H3;3,5-6,13,15H,4,7-10H2,1-2H3;1H/i;;;1+1. The predicted octanol–water partition coefficient (Wildman–Crippen LogP) is 8.98. The average Bonchev–Trinajstić information content (AvgIpc) is 3.09. The van der Waals surface area contributed by atoms with Gasteiger partial charge in [-0.25, -0.2) is 0 Å². The monoisotopic (exact) mass is 689 g/mol. The maximum atomic E-state index is 6.03. The summed E-state index contributed by atoms with van der Waals surface area (Å²) in [5.41, 5.74) is 7.46. The maximum Gasteiger partial charge on any atom is 0.125 e. The van der Waals surface area contributed by atoms with Crippen molar-refractivity contribution in [3.8, 4) is 17.2 Å². The van der Waals surface area contributed by atoms with Crippen LogP contribution in [-0.4, -0.2) is 83.0 Å². The lowest BCUT2D eigenvalue weighted by molar-refractivity contribution is 0.149. The summed E-state index contributed by atoms with van der Waals surface area (Å²) >= 11 is 0. The van der Waals surface area contributed by atoms with Gasteiger partial charge in [0.1, 0.15) is 17.2 Å². The lowest BCUT2D eigenvalue weighted by Gasteiger charge is -2.29. The molecule has 0 saturated carbocycles. The smallest absolute Gasteiger partial charge is 0.125 e. The molecule has 0 aromatic heterocycles. The van der Waals surface area contributed by atoms with Crippen LogP contribution in [0.2, 0.25) is 0 Å². The van der Waals surface area contributed by atoms with Crippen molar-refractivity contribution in [2.45, 2.75) is 80.1 Å². The highest BCUT2D eigenvalue weighted by molar-refractivity contribution is 5.41. The number of nitrogens with zero attached hydrogens (tertiary/aromatic N) is 2. The Labute approximate surface area is 306 Å². The number of rotatable bonds is 9. The van der Waals surface area contributed by atoms with Crippen molar-refractivity contribution in [3.05, 3.63) is 88.0 Å². The first-order chi connectivity index (χ1) is 24.1. The second-order valence-corrected chi connectivity index (χ2v) is 15.3. The van der Waals surface area contributed by atoms with Gasteiger partial charge in [-0.15, -0.1) is 0 Å². The number of benzene rings is 3. The lowest BCUT2D eigenvalue weighted by Crippen LogP contribution is -2.34. The first kappa shape index (κ1) is 39.7. The molecule has 3 atom stereocenters. The van der Waals surface area contributed by atoms with Gasteiger partial charge in [0.05, 0.1) is 19.8 Å². The van der Waals surface area contributed by atoms with Gasteiger partial charge in [-0.1, -0.05) is 54.6 Å². The second kappa shape index (κ2) is 20.7. The fourth-order valence-corrected chi connectivity index (χ4v) is 7.57. The Morgan fingerprint density at radius 2 is 0.880 bits per heavy atom. The summed E-state index contributed by atoms with van der Waals surface area (Å²) in [6.07, 6.45) is 7.78. The van der Waals surface area contributed by atoms with Crippen molar-refractivity contribution in [1.29, 1.82) is 0 Å². The Morgan fingerprint density at radius 1 is 0.540 bits per heavy atom. The van der Waals surface area contributed by atoms with E-state index in [0.717, 1.165) is 43.6 Å². The van der Waals surface area contributed by atoms with Gasteiger partial charge in [-0.3, -0.25) is 0 Å². The van der Waals surface area contributed by atoms with Crippen LogP contribution in [0.5, 0.6) is 17.2 Å². The number of hydrogen-bond donors (Lipinski definition) is 1. The highest BCUT2D eigenvalue weighted by Gasteiger charge is 2.20. The fourth-order valence-electron chi connectivity index (χ4n) is 7.57. The summed E-state index contributed by atoms with van der Waals surface area (Å²) in [5.74, 6) is 5.29. The molecule has 3 aliphatic rings. The maximum absolute atomic E-state index is 6.03. The van der Waals surface area contributed by atoms with Gasteiger partial charge in [-0.2, -0.15) is 0 Å². The SMILES string of the molecule is Cc1cccc(C)c1OCC1CCCN(C)C1.Cc1cccc(C)c1OCC1CCCN(C)C1.Cc1cccc(C)c1OCC1CCCNC1.[2HH]. The molecule has 3 heterocycles. The highest BCUT2D eigenvalue weighted by Crippen LogP contribution is 2.26. The Hall–Kier alpha value is -3.06. The van der Waals surface area contributed by atoms with Gasteiger partial charge in [0, 0.05) is 38.8 Å². The van der Waals surface area contributed by atoms with Crippen LogP contribution >= 0.6 is 0 Å². The molecule has 3 unspecified atom stereocenters. The average molecular weight is 689 g/mol. The molecule has 0 radical (unpaired) electrons. The van der Waals surface area contributed by atoms with Crippen molar-refractivity contribution >= 4 is 0 Å². The zero-order valence-corrected chi connectivity index (χ0v) is 32.7. The molecule has 3 saturated heterocycles. The van der Waals surface area contributed by atoms with E-state index in [0.29, 0.717) is 17.8 Å². The van der Waals surface area contributed by atoms with Crippen molar-refractivity contribution in [3.63, 3.8) is 0 Å².